The number of amides is 1. The van der Waals surface area contributed by atoms with E-state index in [2.05, 4.69) is 20.5 Å². The SMILES string of the molecule is CCc1[nH]nc(C(=O)Nc2ccc(F)c(C3(C)N=C(N)COCC3(F)F)c2)c1C. The Balaban J connectivity index is 1.98. The van der Waals surface area contributed by atoms with Crippen LogP contribution in [0.1, 0.15) is 41.2 Å². The number of hydrogen-bond donors (Lipinski definition) is 3. The van der Waals surface area contributed by atoms with E-state index in [1.165, 1.54) is 6.07 Å². The Hall–Kier alpha value is -2.88. The lowest BCUT2D eigenvalue weighted by molar-refractivity contribution is -0.116. The number of H-pyrrole nitrogens is 1. The molecule has 1 aliphatic heterocycles. The van der Waals surface area contributed by atoms with Crippen LogP contribution in [0.25, 0.3) is 0 Å². The number of aromatic nitrogens is 2. The summed E-state index contributed by atoms with van der Waals surface area (Å²) in [4.78, 5) is 16.4. The summed E-state index contributed by atoms with van der Waals surface area (Å²) in [5, 5.41) is 9.33. The van der Waals surface area contributed by atoms with Crippen molar-refractivity contribution < 1.29 is 22.7 Å². The largest absolute Gasteiger partial charge is 0.385 e. The number of nitrogens with one attached hydrogen (secondary N) is 2. The van der Waals surface area contributed by atoms with Crippen LogP contribution in [0.3, 0.4) is 0 Å². The van der Waals surface area contributed by atoms with Gasteiger partial charge in [0.2, 0.25) is 0 Å². The third kappa shape index (κ3) is 3.71. The molecular formula is C19H22F3N5O2. The highest BCUT2D eigenvalue weighted by atomic mass is 19.3. The minimum Gasteiger partial charge on any atom is -0.385 e. The van der Waals surface area contributed by atoms with Crippen molar-refractivity contribution >= 4 is 17.4 Å². The lowest BCUT2D eigenvalue weighted by Crippen LogP contribution is -2.45. The van der Waals surface area contributed by atoms with Gasteiger partial charge in [0.05, 0.1) is 0 Å². The number of aliphatic imine (C=N–C) groups is 1. The van der Waals surface area contributed by atoms with Crippen molar-refractivity contribution in [1.29, 1.82) is 0 Å². The van der Waals surface area contributed by atoms with Crippen LogP contribution in [0.2, 0.25) is 0 Å². The van der Waals surface area contributed by atoms with Gasteiger partial charge < -0.3 is 15.8 Å². The Morgan fingerprint density at radius 1 is 1.41 bits per heavy atom. The van der Waals surface area contributed by atoms with Gasteiger partial charge in [-0.2, -0.15) is 5.10 Å². The van der Waals surface area contributed by atoms with E-state index >= 15 is 0 Å². The molecule has 2 aromatic rings. The molecule has 1 aromatic carbocycles. The van der Waals surface area contributed by atoms with Crippen LogP contribution in [-0.2, 0) is 16.7 Å². The fourth-order valence-electron chi connectivity index (χ4n) is 3.25. The number of hydrogen-bond acceptors (Lipinski definition) is 5. The van der Waals surface area contributed by atoms with Gasteiger partial charge in [-0.05, 0) is 38.5 Å². The van der Waals surface area contributed by atoms with Crippen LogP contribution in [0.15, 0.2) is 23.2 Å². The molecule has 1 amide bonds. The van der Waals surface area contributed by atoms with Crippen molar-refractivity contribution in [2.75, 3.05) is 18.5 Å². The Morgan fingerprint density at radius 2 is 2.14 bits per heavy atom. The van der Waals surface area contributed by atoms with Crippen LogP contribution >= 0.6 is 0 Å². The third-order valence-electron chi connectivity index (χ3n) is 5.04. The molecule has 0 fully saturated rings. The van der Waals surface area contributed by atoms with Crippen LogP contribution in [0, 0.1) is 12.7 Å². The zero-order valence-electron chi connectivity index (χ0n) is 16.3. The summed E-state index contributed by atoms with van der Waals surface area (Å²) in [7, 11) is 0. The molecule has 156 valence electrons. The van der Waals surface area contributed by atoms with Gasteiger partial charge in [0.25, 0.3) is 11.8 Å². The second-order valence-electron chi connectivity index (χ2n) is 7.05. The van der Waals surface area contributed by atoms with Gasteiger partial charge >= 0.3 is 0 Å². The molecule has 0 radical (unpaired) electrons. The van der Waals surface area contributed by atoms with Gasteiger partial charge in [0.15, 0.2) is 11.2 Å². The molecule has 3 rings (SSSR count). The quantitative estimate of drug-likeness (QED) is 0.722. The van der Waals surface area contributed by atoms with E-state index in [0.717, 1.165) is 24.8 Å². The highest BCUT2D eigenvalue weighted by Crippen LogP contribution is 2.44. The van der Waals surface area contributed by atoms with Gasteiger partial charge in [-0.15, -0.1) is 0 Å². The highest BCUT2D eigenvalue weighted by Gasteiger charge is 2.54. The van der Waals surface area contributed by atoms with Crippen molar-refractivity contribution in [3.05, 3.63) is 46.5 Å². The first-order valence-corrected chi connectivity index (χ1v) is 9.04. The standard InChI is InChI=1S/C19H22F3N5O2/c1-4-14-10(2)16(27-26-14)17(28)24-11-5-6-13(20)12(7-11)18(3)19(21,22)9-29-8-15(23)25-18/h5-7H,4,8-9H2,1-3H3,(H2,23,25)(H,24,28)(H,26,27). The van der Waals surface area contributed by atoms with E-state index in [1.807, 2.05) is 6.92 Å². The molecule has 0 bridgehead atoms. The first kappa shape index (κ1) is 20.8. The molecule has 2 heterocycles. The van der Waals surface area contributed by atoms with E-state index < -0.39 is 35.4 Å². The fraction of sp³-hybridized carbons (Fsp3) is 0.421. The maximum absolute atomic E-state index is 14.8. The van der Waals surface area contributed by atoms with Crippen LogP contribution in [0.5, 0.6) is 0 Å². The number of ether oxygens (including phenoxy) is 1. The van der Waals surface area contributed by atoms with Gasteiger partial charge in [-0.1, -0.05) is 6.92 Å². The number of rotatable bonds is 4. The van der Waals surface area contributed by atoms with Crippen molar-refractivity contribution in [2.45, 2.75) is 38.7 Å². The molecule has 1 unspecified atom stereocenters. The highest BCUT2D eigenvalue weighted by molar-refractivity contribution is 6.04. The molecule has 0 spiro atoms. The smallest absolute Gasteiger partial charge is 0.299 e. The first-order chi connectivity index (χ1) is 13.6. The Morgan fingerprint density at radius 3 is 2.79 bits per heavy atom. The normalized spacial score (nSPS) is 21.4. The number of aryl methyl sites for hydroxylation is 1. The van der Waals surface area contributed by atoms with Crippen molar-refractivity contribution in [3.63, 3.8) is 0 Å². The van der Waals surface area contributed by atoms with Crippen molar-refractivity contribution in [2.24, 2.45) is 10.7 Å². The molecule has 7 nitrogen and oxygen atoms in total. The van der Waals surface area contributed by atoms with Crippen molar-refractivity contribution in [3.8, 4) is 0 Å². The predicted molar refractivity (Wildman–Crippen MR) is 102 cm³/mol. The first-order valence-electron chi connectivity index (χ1n) is 9.04. The molecule has 29 heavy (non-hydrogen) atoms. The van der Waals surface area contributed by atoms with Crippen molar-refractivity contribution in [1.82, 2.24) is 10.2 Å². The van der Waals surface area contributed by atoms with Crippen LogP contribution in [0.4, 0.5) is 18.9 Å². The Labute approximate surface area is 165 Å². The lowest BCUT2D eigenvalue weighted by Gasteiger charge is -2.33. The molecule has 1 aliphatic rings. The number of halogens is 3. The summed E-state index contributed by atoms with van der Waals surface area (Å²) < 4.78 is 48.9. The van der Waals surface area contributed by atoms with E-state index in [-0.39, 0.29) is 23.8 Å². The number of carbonyl (C=O) groups excluding carboxylic acids is 1. The summed E-state index contributed by atoms with van der Waals surface area (Å²) in [6.07, 6.45) is 0.668. The van der Waals surface area contributed by atoms with Gasteiger partial charge in [0, 0.05) is 22.5 Å². The second kappa shape index (κ2) is 7.51. The van der Waals surface area contributed by atoms with E-state index in [1.54, 1.807) is 6.92 Å². The Kier molecular flexibility index (Phi) is 5.40. The molecule has 10 heteroatoms. The number of carbonyl (C=O) groups is 1. The maximum atomic E-state index is 14.8. The summed E-state index contributed by atoms with van der Waals surface area (Å²) in [6.45, 7) is 3.51. The minimum atomic E-state index is -3.52. The van der Waals surface area contributed by atoms with Gasteiger partial charge in [-0.3, -0.25) is 14.9 Å². The van der Waals surface area contributed by atoms with Gasteiger partial charge in [0.1, 0.15) is 24.9 Å². The summed E-state index contributed by atoms with van der Waals surface area (Å²) in [6, 6.07) is 3.41. The molecule has 1 aromatic heterocycles. The molecular weight excluding hydrogens is 387 g/mol. The number of amidine groups is 1. The molecule has 0 saturated carbocycles. The van der Waals surface area contributed by atoms with Crippen LogP contribution < -0.4 is 11.1 Å². The number of anilines is 1. The summed E-state index contributed by atoms with van der Waals surface area (Å²) in [5.41, 5.74) is 4.73. The van der Waals surface area contributed by atoms with E-state index in [4.69, 9.17) is 10.5 Å². The predicted octanol–water partition coefficient (Wildman–Crippen LogP) is 2.91. The monoisotopic (exact) mass is 409 g/mol. The second-order valence-corrected chi connectivity index (χ2v) is 7.05. The number of aromatic amines is 1. The molecule has 4 N–H and O–H groups in total. The summed E-state index contributed by atoms with van der Waals surface area (Å²) in [5.74, 6) is -5.13. The number of nitrogens with zero attached hydrogens (tertiary/aromatic N) is 2. The minimum absolute atomic E-state index is 0.128. The van der Waals surface area contributed by atoms with E-state index in [0.29, 0.717) is 12.0 Å². The summed E-state index contributed by atoms with van der Waals surface area (Å²) >= 11 is 0. The topological polar surface area (TPSA) is 105 Å². The molecule has 0 saturated heterocycles. The molecule has 1 atom stereocenters. The van der Waals surface area contributed by atoms with Gasteiger partial charge in [-0.25, -0.2) is 13.2 Å². The van der Waals surface area contributed by atoms with Crippen LogP contribution in [-0.4, -0.2) is 41.1 Å². The maximum Gasteiger partial charge on any atom is 0.299 e. The zero-order valence-corrected chi connectivity index (χ0v) is 16.3. The number of nitrogens with two attached hydrogens (primary N) is 1. The third-order valence-corrected chi connectivity index (χ3v) is 5.04. The zero-order chi connectivity index (χ0) is 21.4. The molecule has 0 aliphatic carbocycles. The number of benzene rings is 1. The fourth-order valence-corrected chi connectivity index (χ4v) is 3.25. The Bertz CT molecular complexity index is 973. The average molecular weight is 409 g/mol. The number of alkyl halides is 2. The lowest BCUT2D eigenvalue weighted by atomic mass is 9.85. The average Bonchev–Trinajstić information content (AvgIpc) is 2.98. The van der Waals surface area contributed by atoms with E-state index in [9.17, 15) is 18.0 Å².